The van der Waals surface area contributed by atoms with Gasteiger partial charge in [0.15, 0.2) is 0 Å². The van der Waals surface area contributed by atoms with Gasteiger partial charge in [-0.15, -0.1) is 10.2 Å². The third kappa shape index (κ3) is 4.77. The van der Waals surface area contributed by atoms with Crippen molar-refractivity contribution in [3.8, 4) is 11.5 Å². The summed E-state index contributed by atoms with van der Waals surface area (Å²) in [5, 5.41) is 11.2. The predicted octanol–water partition coefficient (Wildman–Crippen LogP) is 5.09. The first-order chi connectivity index (χ1) is 12.8. The van der Waals surface area contributed by atoms with Gasteiger partial charge in [0.05, 0.1) is 5.25 Å². The van der Waals surface area contributed by atoms with Crippen LogP contribution in [0.3, 0.4) is 0 Å². The zero-order valence-electron chi connectivity index (χ0n) is 16.2. The highest BCUT2D eigenvalue weighted by Crippen LogP contribution is 2.28. The van der Waals surface area contributed by atoms with E-state index in [0.29, 0.717) is 11.1 Å². The molecule has 0 fully saturated rings. The van der Waals surface area contributed by atoms with E-state index in [0.717, 1.165) is 33.5 Å². The van der Waals surface area contributed by atoms with Gasteiger partial charge >= 0.3 is 0 Å². The fraction of sp³-hybridized carbons (Fsp3) is 0.286. The van der Waals surface area contributed by atoms with Gasteiger partial charge in [0.25, 0.3) is 5.22 Å². The number of benzene rings is 2. The van der Waals surface area contributed by atoms with Crippen LogP contribution in [0.5, 0.6) is 0 Å². The Kier molecular flexibility index (Phi) is 5.65. The fourth-order valence-corrected chi connectivity index (χ4v) is 3.55. The van der Waals surface area contributed by atoms with E-state index in [1.807, 2.05) is 65.0 Å². The summed E-state index contributed by atoms with van der Waals surface area (Å²) in [6, 6.07) is 12.0. The van der Waals surface area contributed by atoms with Gasteiger partial charge in [-0.25, -0.2) is 0 Å². The van der Waals surface area contributed by atoms with Crippen molar-refractivity contribution in [2.45, 2.75) is 45.1 Å². The van der Waals surface area contributed by atoms with Gasteiger partial charge in [-0.1, -0.05) is 46.7 Å². The SMILES string of the molecule is Cc1cc(C)cc(-c2nnc(S[C@@H](C)C(=O)Nc3ccc(C)cc3C)o2)c1. The molecule has 6 heteroatoms. The number of aryl methyl sites for hydroxylation is 4. The number of anilines is 1. The molecule has 0 bridgehead atoms. The van der Waals surface area contributed by atoms with Gasteiger partial charge in [-0.3, -0.25) is 4.79 Å². The van der Waals surface area contributed by atoms with Crippen molar-refractivity contribution in [1.29, 1.82) is 0 Å². The lowest BCUT2D eigenvalue weighted by Gasteiger charge is -2.12. The number of hydrogen-bond acceptors (Lipinski definition) is 5. The number of rotatable bonds is 5. The Morgan fingerprint density at radius 2 is 1.70 bits per heavy atom. The summed E-state index contributed by atoms with van der Waals surface area (Å²) in [7, 11) is 0. The molecule has 0 spiro atoms. The van der Waals surface area contributed by atoms with Crippen LogP contribution in [-0.2, 0) is 4.79 Å². The highest BCUT2D eigenvalue weighted by atomic mass is 32.2. The zero-order chi connectivity index (χ0) is 19.6. The number of nitrogens with one attached hydrogen (secondary N) is 1. The summed E-state index contributed by atoms with van der Waals surface area (Å²) in [4.78, 5) is 12.5. The minimum absolute atomic E-state index is 0.0990. The van der Waals surface area contributed by atoms with Gasteiger partial charge in [0.1, 0.15) is 0 Å². The molecule has 0 aliphatic rings. The first-order valence-corrected chi connectivity index (χ1v) is 9.67. The molecule has 3 rings (SSSR count). The van der Waals surface area contributed by atoms with Crippen molar-refractivity contribution in [1.82, 2.24) is 10.2 Å². The zero-order valence-corrected chi connectivity index (χ0v) is 17.0. The second-order valence-electron chi connectivity index (χ2n) is 6.82. The van der Waals surface area contributed by atoms with E-state index in [1.165, 1.54) is 11.8 Å². The molecule has 140 valence electrons. The third-order valence-corrected chi connectivity index (χ3v) is 5.10. The predicted molar refractivity (Wildman–Crippen MR) is 109 cm³/mol. The second-order valence-corrected chi connectivity index (χ2v) is 8.11. The summed E-state index contributed by atoms with van der Waals surface area (Å²) in [6.45, 7) is 9.89. The van der Waals surface area contributed by atoms with Crippen molar-refractivity contribution >= 4 is 23.4 Å². The normalized spacial score (nSPS) is 12.0. The van der Waals surface area contributed by atoms with Crippen molar-refractivity contribution in [3.05, 3.63) is 58.7 Å². The second kappa shape index (κ2) is 7.96. The number of thioether (sulfide) groups is 1. The Bertz CT molecular complexity index is 961. The number of amides is 1. The lowest BCUT2D eigenvalue weighted by atomic mass is 10.1. The standard InChI is InChI=1S/C21H23N3O2S/c1-12-6-7-18(15(4)9-12)22-19(25)16(5)27-21-24-23-20(26-21)17-10-13(2)8-14(3)11-17/h6-11,16H,1-5H3,(H,22,25)/t16-/m0/s1. The Hall–Kier alpha value is -2.60. The number of aromatic nitrogens is 2. The molecule has 27 heavy (non-hydrogen) atoms. The van der Waals surface area contributed by atoms with Crippen LogP contribution < -0.4 is 5.32 Å². The largest absolute Gasteiger partial charge is 0.411 e. The summed E-state index contributed by atoms with van der Waals surface area (Å²) >= 11 is 1.25. The lowest BCUT2D eigenvalue weighted by Crippen LogP contribution is -2.22. The maximum absolute atomic E-state index is 12.5. The molecule has 0 aliphatic carbocycles. The summed E-state index contributed by atoms with van der Waals surface area (Å²) in [6.07, 6.45) is 0. The van der Waals surface area contributed by atoms with Gasteiger partial charge in [0, 0.05) is 11.3 Å². The molecule has 0 unspecified atom stereocenters. The quantitative estimate of drug-likeness (QED) is 0.624. The molecule has 2 aromatic carbocycles. The summed E-state index contributed by atoms with van der Waals surface area (Å²) in [5.74, 6) is 0.365. The van der Waals surface area contributed by atoms with E-state index in [1.54, 1.807) is 0 Å². The molecule has 0 saturated carbocycles. The van der Waals surface area contributed by atoms with Crippen molar-refractivity contribution in [3.63, 3.8) is 0 Å². The van der Waals surface area contributed by atoms with E-state index in [2.05, 4.69) is 21.6 Å². The first-order valence-electron chi connectivity index (χ1n) is 8.79. The Morgan fingerprint density at radius 1 is 1.00 bits per heavy atom. The van der Waals surface area contributed by atoms with Gasteiger partial charge in [-0.05, 0) is 58.4 Å². The molecule has 1 aromatic heterocycles. The number of hydrogen-bond donors (Lipinski definition) is 1. The van der Waals surface area contributed by atoms with E-state index in [4.69, 9.17) is 4.42 Å². The molecular formula is C21H23N3O2S. The molecule has 1 amide bonds. The van der Waals surface area contributed by atoms with Gasteiger partial charge in [0.2, 0.25) is 11.8 Å². The number of nitrogens with zero attached hydrogens (tertiary/aromatic N) is 2. The highest BCUT2D eigenvalue weighted by Gasteiger charge is 2.19. The maximum atomic E-state index is 12.5. The third-order valence-electron chi connectivity index (χ3n) is 4.16. The van der Waals surface area contributed by atoms with Crippen molar-refractivity contribution < 1.29 is 9.21 Å². The molecule has 1 heterocycles. The van der Waals surface area contributed by atoms with E-state index in [-0.39, 0.29) is 11.2 Å². The Labute approximate surface area is 163 Å². The summed E-state index contributed by atoms with van der Waals surface area (Å²) in [5.41, 5.74) is 6.18. The average molecular weight is 382 g/mol. The van der Waals surface area contributed by atoms with Crippen LogP contribution in [0.2, 0.25) is 0 Å². The molecule has 3 aromatic rings. The first kappa shape index (κ1) is 19.2. The van der Waals surface area contributed by atoms with Crippen LogP contribution in [0.4, 0.5) is 5.69 Å². The topological polar surface area (TPSA) is 68.0 Å². The van der Waals surface area contributed by atoms with Crippen LogP contribution in [-0.4, -0.2) is 21.4 Å². The monoisotopic (exact) mass is 381 g/mol. The molecule has 1 N–H and O–H groups in total. The number of carbonyl (C=O) groups excluding carboxylic acids is 1. The van der Waals surface area contributed by atoms with Crippen LogP contribution in [0.1, 0.15) is 29.2 Å². The minimum Gasteiger partial charge on any atom is -0.411 e. The summed E-state index contributed by atoms with van der Waals surface area (Å²) < 4.78 is 5.75. The van der Waals surface area contributed by atoms with E-state index < -0.39 is 0 Å². The van der Waals surface area contributed by atoms with Crippen LogP contribution in [0.15, 0.2) is 46.0 Å². The fourth-order valence-electron chi connectivity index (χ4n) is 2.87. The molecule has 5 nitrogen and oxygen atoms in total. The molecule has 1 atom stereocenters. The van der Waals surface area contributed by atoms with Crippen LogP contribution >= 0.6 is 11.8 Å². The van der Waals surface area contributed by atoms with Crippen LogP contribution in [0.25, 0.3) is 11.5 Å². The van der Waals surface area contributed by atoms with Gasteiger partial charge in [-0.2, -0.15) is 0 Å². The van der Waals surface area contributed by atoms with Crippen molar-refractivity contribution in [2.75, 3.05) is 5.32 Å². The van der Waals surface area contributed by atoms with E-state index >= 15 is 0 Å². The highest BCUT2D eigenvalue weighted by molar-refractivity contribution is 8.00. The Morgan fingerprint density at radius 3 is 2.37 bits per heavy atom. The van der Waals surface area contributed by atoms with Crippen LogP contribution in [0, 0.1) is 27.7 Å². The minimum atomic E-state index is -0.363. The average Bonchev–Trinajstić information content (AvgIpc) is 3.05. The van der Waals surface area contributed by atoms with Crippen molar-refractivity contribution in [2.24, 2.45) is 0 Å². The van der Waals surface area contributed by atoms with E-state index in [9.17, 15) is 4.79 Å². The molecular weight excluding hydrogens is 358 g/mol. The lowest BCUT2D eigenvalue weighted by molar-refractivity contribution is -0.115. The molecule has 0 radical (unpaired) electrons. The smallest absolute Gasteiger partial charge is 0.277 e. The molecule has 0 aliphatic heterocycles. The molecule has 0 saturated heterocycles. The maximum Gasteiger partial charge on any atom is 0.277 e. The van der Waals surface area contributed by atoms with Gasteiger partial charge < -0.3 is 9.73 Å². The number of carbonyl (C=O) groups is 1. The Balaban J connectivity index is 1.68.